The normalized spacial score (nSPS) is 17.0. The van der Waals surface area contributed by atoms with E-state index in [2.05, 4.69) is 10.1 Å². The Labute approximate surface area is 142 Å². The highest BCUT2D eigenvalue weighted by Crippen LogP contribution is 2.39. The number of hydrogen-bond donors (Lipinski definition) is 1. The summed E-state index contributed by atoms with van der Waals surface area (Å²) in [6.07, 6.45) is -0.462. The third kappa shape index (κ3) is 3.76. The van der Waals surface area contributed by atoms with Crippen LogP contribution in [0, 0.1) is 0 Å². The van der Waals surface area contributed by atoms with Gasteiger partial charge in [0, 0.05) is 18.8 Å². The molecule has 0 unspecified atom stereocenters. The lowest BCUT2D eigenvalue weighted by atomic mass is 10.0. The summed E-state index contributed by atoms with van der Waals surface area (Å²) in [5, 5.41) is 9.01. The van der Waals surface area contributed by atoms with E-state index in [4.69, 9.17) is 5.14 Å². The van der Waals surface area contributed by atoms with E-state index in [0.29, 0.717) is 32.0 Å². The number of hydrogen-bond acceptors (Lipinski definition) is 5. The Morgan fingerprint density at radius 3 is 2.40 bits per heavy atom. The minimum absolute atomic E-state index is 0.0445. The van der Waals surface area contributed by atoms with Crippen molar-refractivity contribution in [1.29, 1.82) is 0 Å². The van der Waals surface area contributed by atoms with Crippen molar-refractivity contribution in [3.8, 4) is 0 Å². The van der Waals surface area contributed by atoms with Crippen LogP contribution in [0.1, 0.15) is 24.4 Å². The first kappa shape index (κ1) is 17.7. The minimum atomic E-state index is -4.68. The summed E-state index contributed by atoms with van der Waals surface area (Å²) in [6, 6.07) is 2.94. The molecule has 7 nitrogen and oxygen atoms in total. The highest BCUT2D eigenvalue weighted by molar-refractivity contribution is 7.89. The largest absolute Gasteiger partial charge is 0.418 e. The van der Waals surface area contributed by atoms with E-state index in [-0.39, 0.29) is 11.7 Å². The first-order chi connectivity index (χ1) is 11.7. The number of rotatable bonds is 3. The van der Waals surface area contributed by atoms with Gasteiger partial charge in [-0.25, -0.2) is 23.2 Å². The van der Waals surface area contributed by atoms with Crippen LogP contribution in [0.4, 0.5) is 18.9 Å². The van der Waals surface area contributed by atoms with E-state index < -0.39 is 26.7 Å². The number of aromatic nitrogens is 3. The molecule has 3 rings (SSSR count). The Kier molecular flexibility index (Phi) is 4.45. The van der Waals surface area contributed by atoms with Gasteiger partial charge in [0.05, 0.1) is 16.5 Å². The van der Waals surface area contributed by atoms with Crippen molar-refractivity contribution in [2.45, 2.75) is 30.0 Å². The van der Waals surface area contributed by atoms with E-state index in [9.17, 15) is 21.6 Å². The molecule has 1 aliphatic heterocycles. The minimum Gasteiger partial charge on any atom is -0.371 e. The summed E-state index contributed by atoms with van der Waals surface area (Å²) in [4.78, 5) is 4.92. The van der Waals surface area contributed by atoms with Crippen LogP contribution in [0.15, 0.2) is 35.7 Å². The van der Waals surface area contributed by atoms with Gasteiger partial charge in [-0.2, -0.15) is 18.3 Å². The molecule has 0 amide bonds. The number of sulfonamides is 1. The smallest absolute Gasteiger partial charge is 0.371 e. The SMILES string of the molecule is NS(=O)(=O)c1ccc(N2CCC(n3cncn3)CC2)c(C(F)(F)F)c1. The van der Waals surface area contributed by atoms with Crippen LogP contribution in [-0.4, -0.2) is 36.3 Å². The van der Waals surface area contributed by atoms with Gasteiger partial charge in [-0.15, -0.1) is 0 Å². The highest BCUT2D eigenvalue weighted by Gasteiger charge is 2.37. The van der Waals surface area contributed by atoms with Gasteiger partial charge in [-0.05, 0) is 31.0 Å². The molecule has 0 atom stereocenters. The van der Waals surface area contributed by atoms with Crippen molar-refractivity contribution in [3.05, 3.63) is 36.4 Å². The number of nitrogens with zero attached hydrogens (tertiary/aromatic N) is 4. The van der Waals surface area contributed by atoms with Crippen molar-refractivity contribution >= 4 is 15.7 Å². The zero-order valence-corrected chi connectivity index (χ0v) is 13.8. The molecule has 2 heterocycles. The van der Waals surface area contributed by atoms with Crippen molar-refractivity contribution in [2.24, 2.45) is 5.14 Å². The van der Waals surface area contributed by atoms with Crippen LogP contribution in [0.25, 0.3) is 0 Å². The highest BCUT2D eigenvalue weighted by atomic mass is 32.2. The molecule has 2 N–H and O–H groups in total. The third-order valence-corrected chi connectivity index (χ3v) is 5.13. The van der Waals surface area contributed by atoms with Crippen LogP contribution in [0.2, 0.25) is 0 Å². The molecule has 2 aromatic rings. The van der Waals surface area contributed by atoms with E-state index in [1.807, 2.05) is 0 Å². The Morgan fingerprint density at radius 1 is 1.20 bits per heavy atom. The summed E-state index contributed by atoms with van der Waals surface area (Å²) in [5.41, 5.74) is -1.05. The first-order valence-electron chi connectivity index (χ1n) is 7.49. The molecule has 0 saturated carbocycles. The predicted molar refractivity (Wildman–Crippen MR) is 83.3 cm³/mol. The van der Waals surface area contributed by atoms with Crippen molar-refractivity contribution in [3.63, 3.8) is 0 Å². The zero-order valence-electron chi connectivity index (χ0n) is 13.0. The second-order valence-corrected chi connectivity index (χ2v) is 7.38. The molecule has 0 spiro atoms. The topological polar surface area (TPSA) is 94.1 Å². The number of anilines is 1. The van der Waals surface area contributed by atoms with Gasteiger partial charge >= 0.3 is 6.18 Å². The molecule has 136 valence electrons. The van der Waals surface area contributed by atoms with Crippen molar-refractivity contribution < 1.29 is 21.6 Å². The van der Waals surface area contributed by atoms with Crippen molar-refractivity contribution in [2.75, 3.05) is 18.0 Å². The summed E-state index contributed by atoms with van der Waals surface area (Å²) in [6.45, 7) is 0.782. The molecule has 25 heavy (non-hydrogen) atoms. The quantitative estimate of drug-likeness (QED) is 0.883. The Hall–Kier alpha value is -2.14. The average Bonchev–Trinajstić information content (AvgIpc) is 3.07. The fraction of sp³-hybridized carbons (Fsp3) is 0.429. The van der Waals surface area contributed by atoms with E-state index >= 15 is 0 Å². The second kappa shape index (κ2) is 6.30. The summed E-state index contributed by atoms with van der Waals surface area (Å²) < 4.78 is 64.6. The fourth-order valence-corrected chi connectivity index (χ4v) is 3.51. The van der Waals surface area contributed by atoms with Gasteiger partial charge in [0.2, 0.25) is 10.0 Å². The van der Waals surface area contributed by atoms with Crippen LogP contribution in [-0.2, 0) is 16.2 Å². The van der Waals surface area contributed by atoms with Crippen LogP contribution < -0.4 is 10.0 Å². The molecule has 1 aliphatic rings. The molecule has 0 bridgehead atoms. The van der Waals surface area contributed by atoms with Crippen molar-refractivity contribution in [1.82, 2.24) is 14.8 Å². The molecular formula is C14H16F3N5O2S. The van der Waals surface area contributed by atoms with Gasteiger partial charge in [0.1, 0.15) is 12.7 Å². The predicted octanol–water partition coefficient (Wildman–Crippen LogP) is 1.79. The lowest BCUT2D eigenvalue weighted by molar-refractivity contribution is -0.137. The van der Waals surface area contributed by atoms with Gasteiger partial charge in [0.25, 0.3) is 0 Å². The molecule has 1 fully saturated rings. The van der Waals surface area contributed by atoms with E-state index in [0.717, 1.165) is 6.07 Å². The number of piperidine rings is 1. The third-order valence-electron chi connectivity index (χ3n) is 4.22. The lowest BCUT2D eigenvalue weighted by Gasteiger charge is -2.35. The molecular weight excluding hydrogens is 359 g/mol. The zero-order chi connectivity index (χ0) is 18.2. The van der Waals surface area contributed by atoms with Gasteiger partial charge in [0.15, 0.2) is 0 Å². The number of halogens is 3. The average molecular weight is 375 g/mol. The number of primary sulfonamides is 1. The van der Waals surface area contributed by atoms with Crippen LogP contribution in [0.5, 0.6) is 0 Å². The van der Waals surface area contributed by atoms with Gasteiger partial charge < -0.3 is 4.90 Å². The van der Waals surface area contributed by atoms with Crippen LogP contribution >= 0.6 is 0 Å². The summed E-state index contributed by atoms with van der Waals surface area (Å²) in [5.74, 6) is 0. The van der Waals surface area contributed by atoms with E-state index in [1.165, 1.54) is 12.4 Å². The van der Waals surface area contributed by atoms with Gasteiger partial charge in [-0.1, -0.05) is 0 Å². The Bertz CT molecular complexity index is 844. The monoisotopic (exact) mass is 375 g/mol. The number of nitrogens with two attached hydrogens (primary N) is 1. The molecule has 1 aromatic carbocycles. The van der Waals surface area contributed by atoms with Gasteiger partial charge in [-0.3, -0.25) is 0 Å². The Morgan fingerprint density at radius 2 is 1.88 bits per heavy atom. The standard InChI is InChI=1S/C14H16F3N5O2S/c15-14(16,17)12-7-11(25(18,23)24)1-2-13(12)21-5-3-10(4-6-21)22-9-19-8-20-22/h1-2,7-10H,3-6H2,(H2,18,23,24). The number of benzene rings is 1. The van der Waals surface area contributed by atoms with E-state index in [1.54, 1.807) is 15.9 Å². The molecule has 1 saturated heterocycles. The maximum atomic E-state index is 13.4. The molecule has 11 heteroatoms. The van der Waals surface area contributed by atoms with Crippen LogP contribution in [0.3, 0.4) is 0 Å². The maximum Gasteiger partial charge on any atom is 0.418 e. The second-order valence-electron chi connectivity index (χ2n) is 5.82. The lowest BCUT2D eigenvalue weighted by Crippen LogP contribution is -2.36. The number of alkyl halides is 3. The summed E-state index contributed by atoms with van der Waals surface area (Å²) in [7, 11) is -4.21. The molecule has 0 radical (unpaired) electrons. The molecule has 1 aromatic heterocycles. The molecule has 0 aliphatic carbocycles. The first-order valence-corrected chi connectivity index (χ1v) is 9.04. The summed E-state index contributed by atoms with van der Waals surface area (Å²) >= 11 is 0. The Balaban J connectivity index is 1.87. The maximum absolute atomic E-state index is 13.4. The fourth-order valence-electron chi connectivity index (χ4n) is 2.97.